The summed E-state index contributed by atoms with van der Waals surface area (Å²) in [5.41, 5.74) is 0. The van der Waals surface area contributed by atoms with Gasteiger partial charge in [-0.05, 0) is 0 Å². The summed E-state index contributed by atoms with van der Waals surface area (Å²) >= 11 is 0. The smallest absolute Gasteiger partial charge is 0.304 e. The topological polar surface area (TPSA) is 35.5 Å². The lowest BCUT2D eigenvalue weighted by Gasteiger charge is -1.89. The van der Waals surface area contributed by atoms with Crippen LogP contribution >= 0.6 is 8.25 Å². The van der Waals surface area contributed by atoms with E-state index in [4.69, 9.17) is 0 Å². The highest BCUT2D eigenvalue weighted by Gasteiger charge is 1.82. The monoisotopic (exact) mass is 108 g/mol. The van der Waals surface area contributed by atoms with Gasteiger partial charge in [-0.1, -0.05) is 0 Å². The van der Waals surface area contributed by atoms with Crippen LogP contribution in [-0.2, 0) is 13.5 Å². The summed E-state index contributed by atoms with van der Waals surface area (Å²) in [7, 11) is 0.558. The standard InChI is InChI=1S/CH6BO3P/c1-4-6(3)5-2/h6H,2H2,1H3. The van der Waals surface area contributed by atoms with E-state index in [1.54, 1.807) is 0 Å². The van der Waals surface area contributed by atoms with Crippen molar-refractivity contribution >= 4 is 16.3 Å². The normalized spacial score (nSPS) is 14.2. The molecule has 0 aliphatic carbocycles. The lowest BCUT2D eigenvalue weighted by Crippen LogP contribution is -1.69. The van der Waals surface area contributed by atoms with Crippen LogP contribution in [0.2, 0.25) is 0 Å². The van der Waals surface area contributed by atoms with E-state index in [-0.39, 0.29) is 0 Å². The Balaban J connectivity index is 2.99. The van der Waals surface area contributed by atoms with Crippen LogP contribution < -0.4 is 0 Å². The molecule has 3 nitrogen and oxygen atoms in total. The summed E-state index contributed by atoms with van der Waals surface area (Å²) in [6, 6.07) is 0. The van der Waals surface area contributed by atoms with Gasteiger partial charge in [0.15, 0.2) is 0 Å². The fourth-order valence-corrected chi connectivity index (χ4v) is 0.250. The van der Waals surface area contributed by atoms with Crippen LogP contribution in [0.15, 0.2) is 0 Å². The Hall–Kier alpha value is 0.215. The second kappa shape index (κ2) is 3.41. The van der Waals surface area contributed by atoms with E-state index in [0.29, 0.717) is 0 Å². The van der Waals surface area contributed by atoms with Crippen molar-refractivity contribution in [3.8, 4) is 0 Å². The molecule has 1 atom stereocenters. The predicted octanol–water partition coefficient (Wildman–Crippen LogP) is -0.413. The van der Waals surface area contributed by atoms with Crippen LogP contribution in [0.1, 0.15) is 0 Å². The fraction of sp³-hybridized carbons (Fsp3) is 1.00. The van der Waals surface area contributed by atoms with Crippen LogP contribution in [0.4, 0.5) is 0 Å². The van der Waals surface area contributed by atoms with E-state index in [9.17, 15) is 4.57 Å². The Morgan fingerprint density at radius 2 is 2.33 bits per heavy atom. The fourth-order valence-electron chi connectivity index (χ4n) is 0.0833. The highest BCUT2D eigenvalue weighted by molar-refractivity contribution is 7.34. The average molecular weight is 108 g/mol. The minimum atomic E-state index is -2.12. The van der Waals surface area contributed by atoms with Gasteiger partial charge in [0.1, 0.15) is 0 Å². The van der Waals surface area contributed by atoms with Gasteiger partial charge in [-0.3, -0.25) is 4.57 Å². The number of hydrogen-bond donors (Lipinski definition) is 0. The third-order valence-electron chi connectivity index (χ3n) is 0.333. The van der Waals surface area contributed by atoms with Gasteiger partial charge in [0.25, 0.3) is 8.05 Å². The van der Waals surface area contributed by atoms with Crippen LogP contribution in [-0.4, -0.2) is 15.2 Å². The SMILES string of the molecule is BO[PH](=O)OC. The largest absolute Gasteiger partial charge is 0.381 e. The molecule has 0 amide bonds. The van der Waals surface area contributed by atoms with Crippen molar-refractivity contribution in [3.63, 3.8) is 0 Å². The highest BCUT2D eigenvalue weighted by Crippen LogP contribution is 2.17. The van der Waals surface area contributed by atoms with Crippen molar-refractivity contribution in [2.24, 2.45) is 0 Å². The lowest BCUT2D eigenvalue weighted by atomic mass is 10.6. The Bertz CT molecular complexity index is 48.8. The van der Waals surface area contributed by atoms with Crippen molar-refractivity contribution in [1.82, 2.24) is 0 Å². The Morgan fingerprint density at radius 3 is 2.33 bits per heavy atom. The molecule has 0 aliphatic rings. The minimum Gasteiger partial charge on any atom is -0.381 e. The first-order valence-corrected chi connectivity index (χ1v) is 2.65. The van der Waals surface area contributed by atoms with Gasteiger partial charge >= 0.3 is 8.25 Å². The Labute approximate surface area is 38.0 Å². The second-order valence-corrected chi connectivity index (χ2v) is 1.97. The van der Waals surface area contributed by atoms with Crippen molar-refractivity contribution < 1.29 is 13.5 Å². The zero-order valence-corrected chi connectivity index (χ0v) is 4.72. The molecule has 5 heteroatoms. The zero-order valence-electron chi connectivity index (χ0n) is 3.72. The molecule has 0 spiro atoms. The maximum absolute atomic E-state index is 9.92. The quantitative estimate of drug-likeness (QED) is 0.356. The molecule has 36 valence electrons. The molecule has 6 heavy (non-hydrogen) atoms. The van der Waals surface area contributed by atoms with Crippen molar-refractivity contribution in [2.75, 3.05) is 7.11 Å². The van der Waals surface area contributed by atoms with E-state index in [0.717, 1.165) is 0 Å². The van der Waals surface area contributed by atoms with Gasteiger partial charge in [-0.2, -0.15) is 0 Å². The van der Waals surface area contributed by atoms with Gasteiger partial charge in [0, 0.05) is 7.11 Å². The van der Waals surface area contributed by atoms with Gasteiger partial charge in [0.2, 0.25) is 0 Å². The lowest BCUT2D eigenvalue weighted by molar-refractivity contribution is 0.357. The van der Waals surface area contributed by atoms with Crippen LogP contribution in [0.25, 0.3) is 0 Å². The molecule has 0 saturated carbocycles. The molecule has 0 radical (unpaired) electrons. The number of hydrogen-bond acceptors (Lipinski definition) is 3. The third-order valence-corrected chi connectivity index (χ3v) is 1.00. The summed E-state index contributed by atoms with van der Waals surface area (Å²) in [6.07, 6.45) is 0. The van der Waals surface area contributed by atoms with Gasteiger partial charge in [-0.25, -0.2) is 0 Å². The maximum atomic E-state index is 9.92. The van der Waals surface area contributed by atoms with Crippen LogP contribution in [0.3, 0.4) is 0 Å². The maximum Gasteiger partial charge on any atom is 0.304 e. The Kier molecular flexibility index (Phi) is 3.53. The summed E-state index contributed by atoms with van der Waals surface area (Å²) in [5, 5.41) is 0. The molecule has 0 rings (SSSR count). The molecule has 0 heterocycles. The summed E-state index contributed by atoms with van der Waals surface area (Å²) in [4.78, 5) is 0. The molecule has 0 saturated heterocycles. The van der Waals surface area contributed by atoms with Crippen molar-refractivity contribution in [1.29, 1.82) is 0 Å². The van der Waals surface area contributed by atoms with E-state index in [1.807, 2.05) is 0 Å². The van der Waals surface area contributed by atoms with E-state index < -0.39 is 8.25 Å². The predicted molar refractivity (Wildman–Crippen MR) is 25.6 cm³/mol. The van der Waals surface area contributed by atoms with Crippen LogP contribution in [0, 0.1) is 0 Å². The number of rotatable bonds is 2. The first-order valence-electron chi connectivity index (χ1n) is 1.43. The summed E-state index contributed by atoms with van der Waals surface area (Å²) in [6.45, 7) is 0. The molecule has 0 aliphatic heterocycles. The molecular weight excluding hydrogens is 102 g/mol. The molecule has 0 aromatic carbocycles. The Morgan fingerprint density at radius 1 is 1.83 bits per heavy atom. The van der Waals surface area contributed by atoms with Gasteiger partial charge in [-0.15, -0.1) is 0 Å². The van der Waals surface area contributed by atoms with E-state index >= 15 is 0 Å². The summed E-state index contributed by atoms with van der Waals surface area (Å²) in [5.74, 6) is 0. The summed E-state index contributed by atoms with van der Waals surface area (Å²) < 4.78 is 18.4. The van der Waals surface area contributed by atoms with Crippen LogP contribution in [0.5, 0.6) is 0 Å². The zero-order chi connectivity index (χ0) is 4.99. The molecular formula is CH6BO3P. The van der Waals surface area contributed by atoms with Crippen molar-refractivity contribution in [2.45, 2.75) is 0 Å². The molecule has 0 aromatic heterocycles. The molecule has 0 N–H and O–H groups in total. The van der Waals surface area contributed by atoms with E-state index in [2.05, 4.69) is 8.96 Å². The second-order valence-electron chi connectivity index (χ2n) is 0.658. The first-order chi connectivity index (χ1) is 2.81. The third kappa shape index (κ3) is 2.45. The molecule has 1 unspecified atom stereocenters. The molecule has 0 bridgehead atoms. The molecule has 0 fully saturated rings. The highest BCUT2D eigenvalue weighted by atomic mass is 31.1. The first kappa shape index (κ1) is 6.21. The molecule has 0 aromatic rings. The van der Waals surface area contributed by atoms with Gasteiger partial charge in [0.05, 0.1) is 0 Å². The minimum absolute atomic E-state index is 1.34. The van der Waals surface area contributed by atoms with Gasteiger partial charge < -0.3 is 8.96 Å². The van der Waals surface area contributed by atoms with Crippen molar-refractivity contribution in [3.05, 3.63) is 0 Å². The van der Waals surface area contributed by atoms with E-state index in [1.165, 1.54) is 15.2 Å². The average Bonchev–Trinajstić information content (AvgIpc) is 1.65.